The Kier molecular flexibility index (Phi) is 4.98. The van der Waals surface area contributed by atoms with E-state index in [9.17, 15) is 4.79 Å². The maximum absolute atomic E-state index is 11.8. The van der Waals surface area contributed by atoms with E-state index >= 15 is 0 Å². The van der Waals surface area contributed by atoms with Gasteiger partial charge in [0.25, 0.3) is 0 Å². The standard InChI is InChI=1S/C17H25N5O3/c23-15-4-3-12(16(21-15)13-2-1-9-25-13)19-17-18-6-5-14(20-17)22-7-10-24-11-8-22/h5-6,12-13,16H,1-4,7-11H2,(H,21,23)(H,18,19,20)/t12-,13?,16-/m0/s1. The van der Waals surface area contributed by atoms with Crippen molar-refractivity contribution in [2.45, 2.75) is 43.9 Å². The average Bonchev–Trinajstić information content (AvgIpc) is 3.19. The molecule has 0 radical (unpaired) electrons. The third kappa shape index (κ3) is 3.85. The van der Waals surface area contributed by atoms with E-state index in [0.717, 1.165) is 58.0 Å². The molecule has 3 aliphatic heterocycles. The van der Waals surface area contributed by atoms with Crippen molar-refractivity contribution in [2.75, 3.05) is 43.1 Å². The highest BCUT2D eigenvalue weighted by molar-refractivity contribution is 5.77. The van der Waals surface area contributed by atoms with Gasteiger partial charge in [0.1, 0.15) is 5.82 Å². The number of nitrogens with one attached hydrogen (secondary N) is 2. The molecule has 1 aromatic rings. The van der Waals surface area contributed by atoms with Gasteiger partial charge in [-0.25, -0.2) is 4.98 Å². The number of rotatable bonds is 4. The number of amides is 1. The predicted molar refractivity (Wildman–Crippen MR) is 92.6 cm³/mol. The second-order valence-corrected chi connectivity index (χ2v) is 6.77. The lowest BCUT2D eigenvalue weighted by Crippen LogP contribution is -2.57. The fourth-order valence-corrected chi connectivity index (χ4v) is 3.78. The summed E-state index contributed by atoms with van der Waals surface area (Å²) in [4.78, 5) is 23.1. The summed E-state index contributed by atoms with van der Waals surface area (Å²) in [5, 5.41) is 6.53. The summed E-state index contributed by atoms with van der Waals surface area (Å²) >= 11 is 0. The molecule has 25 heavy (non-hydrogen) atoms. The van der Waals surface area contributed by atoms with Gasteiger partial charge >= 0.3 is 0 Å². The van der Waals surface area contributed by atoms with Crippen molar-refractivity contribution < 1.29 is 14.3 Å². The SMILES string of the molecule is O=C1CC[C@H](Nc2nccc(N3CCOCC3)n2)[C@@H](C2CCCO2)N1. The zero-order chi connectivity index (χ0) is 17.1. The van der Waals surface area contributed by atoms with Gasteiger partial charge in [0.2, 0.25) is 11.9 Å². The second-order valence-electron chi connectivity index (χ2n) is 6.77. The highest BCUT2D eigenvalue weighted by Crippen LogP contribution is 2.24. The van der Waals surface area contributed by atoms with Gasteiger partial charge < -0.3 is 25.0 Å². The smallest absolute Gasteiger partial charge is 0.224 e. The number of morpholine rings is 1. The summed E-state index contributed by atoms with van der Waals surface area (Å²) in [6.07, 6.45) is 5.17. The van der Waals surface area contributed by atoms with Crippen molar-refractivity contribution in [3.05, 3.63) is 12.3 Å². The lowest BCUT2D eigenvalue weighted by molar-refractivity contribution is -0.124. The highest BCUT2D eigenvalue weighted by atomic mass is 16.5. The number of anilines is 2. The first kappa shape index (κ1) is 16.5. The maximum atomic E-state index is 11.8. The van der Waals surface area contributed by atoms with Crippen molar-refractivity contribution >= 4 is 17.7 Å². The lowest BCUT2D eigenvalue weighted by Gasteiger charge is -2.36. The second kappa shape index (κ2) is 7.53. The molecule has 0 saturated carbocycles. The van der Waals surface area contributed by atoms with Crippen molar-refractivity contribution in [2.24, 2.45) is 0 Å². The molecular formula is C17H25N5O3. The van der Waals surface area contributed by atoms with Crippen LogP contribution in [0.4, 0.5) is 11.8 Å². The molecule has 8 nitrogen and oxygen atoms in total. The molecule has 3 saturated heterocycles. The van der Waals surface area contributed by atoms with Gasteiger partial charge in [-0.3, -0.25) is 4.79 Å². The molecule has 136 valence electrons. The van der Waals surface area contributed by atoms with E-state index < -0.39 is 0 Å². The Balaban J connectivity index is 1.46. The predicted octanol–water partition coefficient (Wildman–Crippen LogP) is 0.551. The number of piperidine rings is 1. The minimum atomic E-state index is -0.0283. The van der Waals surface area contributed by atoms with Crippen LogP contribution in [0.1, 0.15) is 25.7 Å². The Morgan fingerprint density at radius 3 is 2.92 bits per heavy atom. The van der Waals surface area contributed by atoms with E-state index in [1.54, 1.807) is 6.20 Å². The lowest BCUT2D eigenvalue weighted by atomic mass is 9.92. The Bertz CT molecular complexity index is 602. The monoisotopic (exact) mass is 347 g/mol. The molecule has 0 spiro atoms. The van der Waals surface area contributed by atoms with Crippen LogP contribution in [0.5, 0.6) is 0 Å². The number of aromatic nitrogens is 2. The summed E-state index contributed by atoms with van der Waals surface area (Å²) in [6, 6.07) is 1.98. The van der Waals surface area contributed by atoms with Gasteiger partial charge in [0.05, 0.1) is 31.4 Å². The summed E-state index contributed by atoms with van der Waals surface area (Å²) < 4.78 is 11.2. The normalized spacial score (nSPS) is 30.2. The molecule has 2 N–H and O–H groups in total. The molecule has 0 aromatic carbocycles. The number of carbonyl (C=O) groups excluding carboxylic acids is 1. The summed E-state index contributed by atoms with van der Waals surface area (Å²) in [5.41, 5.74) is 0. The Morgan fingerprint density at radius 1 is 1.24 bits per heavy atom. The van der Waals surface area contributed by atoms with E-state index in [-0.39, 0.29) is 24.1 Å². The highest BCUT2D eigenvalue weighted by Gasteiger charge is 2.37. The van der Waals surface area contributed by atoms with Gasteiger partial charge in [-0.05, 0) is 25.3 Å². The van der Waals surface area contributed by atoms with E-state index in [1.807, 2.05) is 6.07 Å². The van der Waals surface area contributed by atoms with Gasteiger partial charge in [0, 0.05) is 32.3 Å². The van der Waals surface area contributed by atoms with Gasteiger partial charge in [-0.2, -0.15) is 4.98 Å². The molecule has 1 amide bonds. The minimum Gasteiger partial charge on any atom is -0.378 e. The van der Waals surface area contributed by atoms with Crippen molar-refractivity contribution in [3.8, 4) is 0 Å². The Morgan fingerprint density at radius 2 is 2.12 bits per heavy atom. The van der Waals surface area contributed by atoms with Gasteiger partial charge in [0.15, 0.2) is 0 Å². The first-order valence-electron chi connectivity index (χ1n) is 9.13. The molecule has 3 atom stereocenters. The van der Waals surface area contributed by atoms with E-state index in [0.29, 0.717) is 12.4 Å². The van der Waals surface area contributed by atoms with Crippen LogP contribution in [0.25, 0.3) is 0 Å². The van der Waals surface area contributed by atoms with E-state index in [2.05, 4.69) is 25.5 Å². The minimum absolute atomic E-state index is 0.0283. The molecule has 3 fully saturated rings. The third-order valence-corrected chi connectivity index (χ3v) is 5.10. The number of nitrogens with zero attached hydrogens (tertiary/aromatic N) is 3. The number of hydrogen-bond donors (Lipinski definition) is 2. The molecule has 4 heterocycles. The number of ether oxygens (including phenoxy) is 2. The van der Waals surface area contributed by atoms with Crippen LogP contribution >= 0.6 is 0 Å². The van der Waals surface area contributed by atoms with Gasteiger partial charge in [-0.1, -0.05) is 0 Å². The van der Waals surface area contributed by atoms with Gasteiger partial charge in [-0.15, -0.1) is 0 Å². The zero-order valence-electron chi connectivity index (χ0n) is 14.3. The van der Waals surface area contributed by atoms with Crippen LogP contribution < -0.4 is 15.5 Å². The summed E-state index contributed by atoms with van der Waals surface area (Å²) in [6.45, 7) is 3.90. The first-order valence-corrected chi connectivity index (χ1v) is 9.13. The largest absolute Gasteiger partial charge is 0.378 e. The van der Waals surface area contributed by atoms with Crippen LogP contribution in [0.3, 0.4) is 0 Å². The molecule has 0 aliphatic carbocycles. The quantitative estimate of drug-likeness (QED) is 0.822. The zero-order valence-corrected chi connectivity index (χ0v) is 14.3. The molecular weight excluding hydrogens is 322 g/mol. The van der Waals surface area contributed by atoms with Crippen LogP contribution in [0.15, 0.2) is 12.3 Å². The van der Waals surface area contributed by atoms with Crippen LogP contribution in [-0.4, -0.2) is 67.0 Å². The Labute approximate surface area is 147 Å². The number of carbonyl (C=O) groups is 1. The fraction of sp³-hybridized carbons (Fsp3) is 0.706. The topological polar surface area (TPSA) is 88.6 Å². The molecule has 0 bridgehead atoms. The molecule has 1 unspecified atom stereocenters. The number of hydrogen-bond acceptors (Lipinski definition) is 7. The Hall–Kier alpha value is -1.93. The van der Waals surface area contributed by atoms with Crippen molar-refractivity contribution in [1.29, 1.82) is 0 Å². The molecule has 3 aliphatic rings. The van der Waals surface area contributed by atoms with Crippen LogP contribution in [-0.2, 0) is 14.3 Å². The molecule has 4 rings (SSSR count). The summed E-state index contributed by atoms with van der Waals surface area (Å²) in [7, 11) is 0. The fourth-order valence-electron chi connectivity index (χ4n) is 3.78. The van der Waals surface area contributed by atoms with E-state index in [4.69, 9.17) is 9.47 Å². The molecule has 1 aromatic heterocycles. The molecule has 8 heteroatoms. The first-order chi connectivity index (χ1) is 12.3. The maximum Gasteiger partial charge on any atom is 0.224 e. The average molecular weight is 347 g/mol. The van der Waals surface area contributed by atoms with Crippen LogP contribution in [0.2, 0.25) is 0 Å². The van der Waals surface area contributed by atoms with E-state index in [1.165, 1.54) is 0 Å². The van der Waals surface area contributed by atoms with Crippen molar-refractivity contribution in [1.82, 2.24) is 15.3 Å². The third-order valence-electron chi connectivity index (χ3n) is 5.10. The van der Waals surface area contributed by atoms with Crippen molar-refractivity contribution in [3.63, 3.8) is 0 Å². The summed E-state index contributed by atoms with van der Waals surface area (Å²) in [5.74, 6) is 1.61. The van der Waals surface area contributed by atoms with Crippen LogP contribution in [0, 0.1) is 0 Å².